The molecule has 26 heavy (non-hydrogen) atoms. The Bertz CT molecular complexity index is 614. The van der Waals surface area contributed by atoms with Crippen LogP contribution in [0.1, 0.15) is 39.2 Å². The molecule has 2 N–H and O–H groups in total. The molecule has 0 aliphatic carbocycles. The van der Waals surface area contributed by atoms with Gasteiger partial charge in [0.15, 0.2) is 0 Å². The van der Waals surface area contributed by atoms with Crippen molar-refractivity contribution >= 4 is 12.2 Å². The maximum Gasteiger partial charge on any atom is 0.410 e. The van der Waals surface area contributed by atoms with Gasteiger partial charge < -0.3 is 24.8 Å². The average molecular weight is 364 g/mol. The number of aliphatic hydroxyl groups is 1. The summed E-state index contributed by atoms with van der Waals surface area (Å²) < 4.78 is 10.5. The summed E-state index contributed by atoms with van der Waals surface area (Å²) in [6.45, 7) is 6.20. The Morgan fingerprint density at radius 3 is 2.62 bits per heavy atom. The molecule has 7 heteroatoms. The van der Waals surface area contributed by atoms with Gasteiger partial charge in [0.1, 0.15) is 12.2 Å². The number of piperidine rings is 1. The zero-order chi connectivity index (χ0) is 19.2. The highest BCUT2D eigenvalue weighted by Gasteiger charge is 2.37. The standard InChI is InChI=1S/C19H28N2O5/c1-18(2,3)26-17(23)21-11-7-10-19(24,14-21)13-20-16(22)25-12-15-8-5-4-6-9-15/h4-6,8-9,24H,7,10-14H2,1-3H3,(H,20,22). The Morgan fingerprint density at radius 1 is 1.27 bits per heavy atom. The van der Waals surface area contributed by atoms with E-state index in [2.05, 4.69) is 5.32 Å². The number of alkyl carbamates (subject to hydrolysis) is 1. The molecule has 1 atom stereocenters. The van der Waals surface area contributed by atoms with Crippen LogP contribution in [0.3, 0.4) is 0 Å². The summed E-state index contributed by atoms with van der Waals surface area (Å²) in [6, 6.07) is 9.35. The predicted octanol–water partition coefficient (Wildman–Crippen LogP) is 2.67. The van der Waals surface area contributed by atoms with Crippen molar-refractivity contribution in [2.24, 2.45) is 0 Å². The first-order chi connectivity index (χ1) is 12.2. The lowest BCUT2D eigenvalue weighted by Gasteiger charge is -2.39. The lowest BCUT2D eigenvalue weighted by atomic mass is 9.93. The number of hydrogen-bond donors (Lipinski definition) is 2. The fraction of sp³-hybridized carbons (Fsp3) is 0.579. The Kier molecular flexibility index (Phi) is 6.47. The predicted molar refractivity (Wildman–Crippen MR) is 96.6 cm³/mol. The van der Waals surface area contributed by atoms with E-state index < -0.39 is 23.4 Å². The lowest BCUT2D eigenvalue weighted by molar-refractivity contribution is -0.0414. The monoisotopic (exact) mass is 364 g/mol. The zero-order valence-electron chi connectivity index (χ0n) is 15.7. The van der Waals surface area contributed by atoms with Gasteiger partial charge in [-0.1, -0.05) is 30.3 Å². The first kappa shape index (κ1) is 20.0. The normalized spacial score (nSPS) is 20.4. The summed E-state index contributed by atoms with van der Waals surface area (Å²) in [5.74, 6) is 0. The molecule has 1 unspecified atom stereocenters. The number of hydrogen-bond acceptors (Lipinski definition) is 5. The molecule has 1 aromatic rings. The SMILES string of the molecule is CC(C)(C)OC(=O)N1CCCC(O)(CNC(=O)OCc2ccccc2)C1. The summed E-state index contributed by atoms with van der Waals surface area (Å²) in [5.41, 5.74) is -0.900. The second-order valence-electron chi connectivity index (χ2n) is 7.65. The van der Waals surface area contributed by atoms with Gasteiger partial charge in [0.2, 0.25) is 0 Å². The van der Waals surface area contributed by atoms with Crippen molar-refractivity contribution in [1.29, 1.82) is 0 Å². The Balaban J connectivity index is 1.80. The number of β-amino-alcohol motifs (C(OH)–C–C–N with tert-alkyl or cyclic N) is 1. The minimum Gasteiger partial charge on any atom is -0.445 e. The van der Waals surface area contributed by atoms with Crippen molar-refractivity contribution in [2.75, 3.05) is 19.6 Å². The van der Waals surface area contributed by atoms with Gasteiger partial charge in [0.05, 0.1) is 18.7 Å². The van der Waals surface area contributed by atoms with E-state index in [4.69, 9.17) is 9.47 Å². The van der Waals surface area contributed by atoms with Gasteiger partial charge in [0.25, 0.3) is 0 Å². The van der Waals surface area contributed by atoms with Crippen LogP contribution in [-0.2, 0) is 16.1 Å². The minimum absolute atomic E-state index is 0.0138. The van der Waals surface area contributed by atoms with Gasteiger partial charge >= 0.3 is 12.2 Å². The molecule has 0 radical (unpaired) electrons. The van der Waals surface area contributed by atoms with E-state index in [0.29, 0.717) is 19.4 Å². The van der Waals surface area contributed by atoms with Crippen LogP contribution >= 0.6 is 0 Å². The molecule has 1 aromatic carbocycles. The fourth-order valence-corrected chi connectivity index (χ4v) is 2.75. The highest BCUT2D eigenvalue weighted by molar-refractivity contribution is 5.69. The summed E-state index contributed by atoms with van der Waals surface area (Å²) in [7, 11) is 0. The fourth-order valence-electron chi connectivity index (χ4n) is 2.75. The van der Waals surface area contributed by atoms with E-state index in [1.165, 1.54) is 4.90 Å². The molecule has 1 fully saturated rings. The van der Waals surface area contributed by atoms with E-state index in [0.717, 1.165) is 5.56 Å². The van der Waals surface area contributed by atoms with Crippen molar-refractivity contribution in [1.82, 2.24) is 10.2 Å². The van der Waals surface area contributed by atoms with Crippen LogP contribution in [0.5, 0.6) is 0 Å². The van der Waals surface area contributed by atoms with Crippen molar-refractivity contribution < 1.29 is 24.2 Å². The Morgan fingerprint density at radius 2 is 1.96 bits per heavy atom. The van der Waals surface area contributed by atoms with Gasteiger partial charge in [-0.25, -0.2) is 9.59 Å². The highest BCUT2D eigenvalue weighted by atomic mass is 16.6. The zero-order valence-corrected chi connectivity index (χ0v) is 15.7. The summed E-state index contributed by atoms with van der Waals surface area (Å²) >= 11 is 0. The molecule has 0 spiro atoms. The van der Waals surface area contributed by atoms with Gasteiger partial charge in [-0.15, -0.1) is 0 Å². The molecule has 1 saturated heterocycles. The Labute approximate surface area is 154 Å². The number of likely N-dealkylation sites (tertiary alicyclic amines) is 1. The lowest BCUT2D eigenvalue weighted by Crippen LogP contribution is -2.56. The molecule has 1 heterocycles. The van der Waals surface area contributed by atoms with Gasteiger partial charge in [-0.2, -0.15) is 0 Å². The van der Waals surface area contributed by atoms with Gasteiger partial charge in [-0.3, -0.25) is 0 Å². The minimum atomic E-state index is -1.19. The highest BCUT2D eigenvalue weighted by Crippen LogP contribution is 2.22. The average Bonchev–Trinajstić information content (AvgIpc) is 2.58. The van der Waals surface area contributed by atoms with E-state index in [1.54, 1.807) is 20.8 Å². The Hall–Kier alpha value is -2.28. The molecular weight excluding hydrogens is 336 g/mol. The van der Waals surface area contributed by atoms with Gasteiger partial charge in [-0.05, 0) is 39.2 Å². The topological polar surface area (TPSA) is 88.1 Å². The molecule has 0 aromatic heterocycles. The van der Waals surface area contributed by atoms with E-state index in [1.807, 2.05) is 30.3 Å². The molecule has 1 aliphatic heterocycles. The van der Waals surface area contributed by atoms with Crippen LogP contribution < -0.4 is 5.32 Å². The van der Waals surface area contributed by atoms with E-state index in [-0.39, 0.29) is 19.7 Å². The third-order valence-corrected chi connectivity index (χ3v) is 3.98. The van der Waals surface area contributed by atoms with Crippen LogP contribution in [0, 0.1) is 0 Å². The van der Waals surface area contributed by atoms with Crippen LogP contribution in [0.25, 0.3) is 0 Å². The quantitative estimate of drug-likeness (QED) is 0.858. The number of nitrogens with zero attached hydrogens (tertiary/aromatic N) is 1. The second kappa shape index (κ2) is 8.40. The van der Waals surface area contributed by atoms with Crippen molar-refractivity contribution in [3.63, 3.8) is 0 Å². The van der Waals surface area contributed by atoms with Crippen molar-refractivity contribution in [3.05, 3.63) is 35.9 Å². The maximum absolute atomic E-state index is 12.2. The molecule has 7 nitrogen and oxygen atoms in total. The van der Waals surface area contributed by atoms with Crippen LogP contribution in [0.4, 0.5) is 9.59 Å². The number of rotatable bonds is 4. The number of ether oxygens (including phenoxy) is 2. The summed E-state index contributed by atoms with van der Waals surface area (Å²) in [4.78, 5) is 25.5. The molecule has 2 rings (SSSR count). The molecular formula is C19H28N2O5. The second-order valence-corrected chi connectivity index (χ2v) is 7.65. The molecule has 1 aliphatic rings. The third-order valence-electron chi connectivity index (χ3n) is 3.98. The first-order valence-electron chi connectivity index (χ1n) is 8.82. The van der Waals surface area contributed by atoms with Crippen molar-refractivity contribution in [2.45, 2.75) is 51.4 Å². The number of amides is 2. The van der Waals surface area contributed by atoms with Crippen LogP contribution in [0.2, 0.25) is 0 Å². The molecule has 2 amide bonds. The molecule has 0 saturated carbocycles. The maximum atomic E-state index is 12.2. The molecule has 144 valence electrons. The number of benzene rings is 1. The summed E-state index contributed by atoms with van der Waals surface area (Å²) in [5, 5.41) is 13.3. The van der Waals surface area contributed by atoms with E-state index in [9.17, 15) is 14.7 Å². The first-order valence-corrected chi connectivity index (χ1v) is 8.82. The number of carbonyl (C=O) groups is 2. The van der Waals surface area contributed by atoms with Crippen molar-refractivity contribution in [3.8, 4) is 0 Å². The number of nitrogens with one attached hydrogen (secondary N) is 1. The molecule has 0 bridgehead atoms. The van der Waals surface area contributed by atoms with Crippen LogP contribution in [0.15, 0.2) is 30.3 Å². The largest absolute Gasteiger partial charge is 0.445 e. The third kappa shape index (κ3) is 6.55. The smallest absolute Gasteiger partial charge is 0.410 e. The van der Waals surface area contributed by atoms with Gasteiger partial charge in [0, 0.05) is 6.54 Å². The number of carbonyl (C=O) groups excluding carboxylic acids is 2. The van der Waals surface area contributed by atoms with E-state index >= 15 is 0 Å². The van der Waals surface area contributed by atoms with Crippen LogP contribution in [-0.4, -0.2) is 53.0 Å². The summed E-state index contributed by atoms with van der Waals surface area (Å²) in [6.07, 6.45) is 0.0702.